The topological polar surface area (TPSA) is 32.8 Å². The van der Waals surface area contributed by atoms with Gasteiger partial charge >= 0.3 is 0 Å². The van der Waals surface area contributed by atoms with Crippen molar-refractivity contribution in [2.45, 2.75) is 0 Å². The normalized spacial score (nSPS) is 17.6. The van der Waals surface area contributed by atoms with E-state index in [2.05, 4.69) is 15.9 Å². The molecule has 0 radical (unpaired) electrons. The van der Waals surface area contributed by atoms with E-state index in [9.17, 15) is 4.79 Å². The second-order valence-electron chi connectivity index (χ2n) is 4.12. The number of amides is 1. The van der Waals surface area contributed by atoms with Crippen molar-refractivity contribution in [1.29, 1.82) is 0 Å². The molecule has 1 aliphatic rings. The van der Waals surface area contributed by atoms with Crippen LogP contribution in [0, 0.1) is 0 Å². The van der Waals surface area contributed by atoms with E-state index < -0.39 is 0 Å². The Bertz CT molecular complexity index is 586. The predicted molar refractivity (Wildman–Crippen MR) is 81.8 cm³/mol. The minimum Gasteiger partial charge on any atom is -0.496 e. The fraction of sp³-hybridized carbons (Fsp3) is 0.231. The van der Waals surface area contributed by atoms with E-state index >= 15 is 0 Å². The van der Waals surface area contributed by atoms with Crippen LogP contribution in [0.2, 0.25) is 0 Å². The highest BCUT2D eigenvalue weighted by molar-refractivity contribution is 9.10. The molecule has 1 aliphatic heterocycles. The average Bonchev–Trinajstić information content (AvgIpc) is 2.57. The van der Waals surface area contributed by atoms with Crippen LogP contribution in [0.4, 0.5) is 0 Å². The molecule has 1 saturated heterocycles. The number of ether oxygens (including phenoxy) is 1. The zero-order chi connectivity index (χ0) is 14.2. The van der Waals surface area contributed by atoms with E-state index in [0.29, 0.717) is 16.6 Å². The molecule has 1 aromatic carbocycles. The van der Waals surface area contributed by atoms with Gasteiger partial charge in [-0.3, -0.25) is 9.69 Å². The van der Waals surface area contributed by atoms with E-state index in [1.54, 1.807) is 32.2 Å². The summed E-state index contributed by atoms with van der Waals surface area (Å²) < 4.78 is 6.21. The van der Waals surface area contributed by atoms with Crippen LogP contribution in [0.3, 0.4) is 0 Å². The van der Waals surface area contributed by atoms with Crippen molar-refractivity contribution in [1.82, 2.24) is 9.80 Å². The van der Waals surface area contributed by atoms with Crippen LogP contribution in [0.5, 0.6) is 5.75 Å². The van der Waals surface area contributed by atoms with Crippen LogP contribution in [-0.2, 0) is 4.79 Å². The Balaban J connectivity index is 2.49. The summed E-state index contributed by atoms with van der Waals surface area (Å²) in [5, 5.41) is 0.491. The van der Waals surface area contributed by atoms with Crippen molar-refractivity contribution in [2.75, 3.05) is 21.2 Å². The Labute approximate surface area is 125 Å². The minimum absolute atomic E-state index is 0.116. The van der Waals surface area contributed by atoms with Crippen LogP contribution in [0.25, 0.3) is 6.08 Å². The van der Waals surface area contributed by atoms with E-state index in [0.717, 1.165) is 10.0 Å². The molecule has 1 aromatic rings. The first kappa shape index (κ1) is 14.0. The van der Waals surface area contributed by atoms with E-state index in [4.69, 9.17) is 17.0 Å². The first-order valence-corrected chi connectivity index (χ1v) is 6.77. The highest BCUT2D eigenvalue weighted by atomic mass is 79.9. The van der Waals surface area contributed by atoms with Gasteiger partial charge < -0.3 is 9.64 Å². The number of benzene rings is 1. The van der Waals surface area contributed by atoms with Gasteiger partial charge in [-0.25, -0.2) is 0 Å². The first-order chi connectivity index (χ1) is 8.95. The molecule has 0 spiro atoms. The molecule has 100 valence electrons. The summed E-state index contributed by atoms with van der Waals surface area (Å²) in [5.41, 5.74) is 1.36. The molecule has 0 atom stereocenters. The lowest BCUT2D eigenvalue weighted by Gasteiger charge is -2.12. The zero-order valence-corrected chi connectivity index (χ0v) is 13.2. The molecule has 0 N–H and O–H groups in total. The smallest absolute Gasteiger partial charge is 0.276 e. The highest BCUT2D eigenvalue weighted by Crippen LogP contribution is 2.28. The third-order valence-electron chi connectivity index (χ3n) is 2.94. The first-order valence-electron chi connectivity index (χ1n) is 5.56. The van der Waals surface area contributed by atoms with Crippen LogP contribution in [-0.4, -0.2) is 42.0 Å². The molecule has 0 saturated carbocycles. The number of carbonyl (C=O) groups is 1. The van der Waals surface area contributed by atoms with Crippen molar-refractivity contribution in [2.24, 2.45) is 0 Å². The van der Waals surface area contributed by atoms with Crippen LogP contribution >= 0.6 is 28.1 Å². The fourth-order valence-electron chi connectivity index (χ4n) is 1.85. The summed E-state index contributed by atoms with van der Waals surface area (Å²) in [6.45, 7) is 0. The third-order valence-corrected chi connectivity index (χ3v) is 3.98. The Morgan fingerprint density at radius 3 is 2.53 bits per heavy atom. The van der Waals surface area contributed by atoms with Crippen molar-refractivity contribution < 1.29 is 9.53 Å². The monoisotopic (exact) mass is 340 g/mol. The number of rotatable bonds is 2. The molecule has 6 heteroatoms. The van der Waals surface area contributed by atoms with Gasteiger partial charge in [0.25, 0.3) is 5.91 Å². The van der Waals surface area contributed by atoms with Crippen molar-refractivity contribution in [3.05, 3.63) is 33.9 Å². The molecule has 19 heavy (non-hydrogen) atoms. The van der Waals surface area contributed by atoms with Gasteiger partial charge in [0, 0.05) is 24.1 Å². The van der Waals surface area contributed by atoms with E-state index in [1.807, 2.05) is 18.2 Å². The fourth-order valence-corrected chi connectivity index (χ4v) is 2.41. The zero-order valence-electron chi connectivity index (χ0n) is 10.8. The SMILES string of the molecule is COc1ccc(Br)cc1C=C1C(=O)N(C)C(=S)N1C. The number of hydrogen-bond donors (Lipinski definition) is 0. The largest absolute Gasteiger partial charge is 0.496 e. The molecule has 1 heterocycles. The van der Waals surface area contributed by atoms with Crippen LogP contribution in [0.1, 0.15) is 5.56 Å². The molecule has 0 aliphatic carbocycles. The summed E-state index contributed by atoms with van der Waals surface area (Å²) >= 11 is 8.58. The molecule has 0 unspecified atom stereocenters. The van der Waals surface area contributed by atoms with E-state index in [1.165, 1.54) is 4.90 Å². The maximum atomic E-state index is 12.1. The summed E-state index contributed by atoms with van der Waals surface area (Å²) in [6, 6.07) is 5.63. The van der Waals surface area contributed by atoms with Gasteiger partial charge in [-0.15, -0.1) is 0 Å². The number of hydrogen-bond acceptors (Lipinski definition) is 3. The number of likely N-dealkylation sites (N-methyl/N-ethyl adjacent to an activating group) is 2. The predicted octanol–water partition coefficient (Wildman–Crippen LogP) is 2.49. The minimum atomic E-state index is -0.116. The maximum Gasteiger partial charge on any atom is 0.276 e. The summed E-state index contributed by atoms with van der Waals surface area (Å²) in [6.07, 6.45) is 1.78. The maximum absolute atomic E-state index is 12.1. The molecule has 2 rings (SSSR count). The third kappa shape index (κ3) is 2.50. The molecule has 0 aromatic heterocycles. The number of halogens is 1. The molecule has 1 fully saturated rings. The molecular weight excluding hydrogens is 328 g/mol. The molecule has 1 amide bonds. The highest BCUT2D eigenvalue weighted by Gasteiger charge is 2.32. The van der Waals surface area contributed by atoms with Crippen LogP contribution < -0.4 is 4.74 Å². The summed E-state index contributed by atoms with van der Waals surface area (Å²) in [5.74, 6) is 0.590. The number of nitrogens with zero attached hydrogens (tertiary/aromatic N) is 2. The van der Waals surface area contributed by atoms with Crippen LogP contribution in [0.15, 0.2) is 28.4 Å². The van der Waals surface area contributed by atoms with Gasteiger partial charge in [0.2, 0.25) is 0 Å². The van der Waals surface area contributed by atoms with Gasteiger partial charge in [-0.05, 0) is 36.5 Å². The molecule has 4 nitrogen and oxygen atoms in total. The van der Waals surface area contributed by atoms with Crippen molar-refractivity contribution in [3.8, 4) is 5.75 Å². The Hall–Kier alpha value is -1.40. The lowest BCUT2D eigenvalue weighted by Crippen LogP contribution is -2.26. The lowest BCUT2D eigenvalue weighted by molar-refractivity contribution is -0.121. The number of thiocarbonyl (C=S) groups is 1. The van der Waals surface area contributed by atoms with Gasteiger partial charge in [-0.2, -0.15) is 0 Å². The number of carbonyl (C=O) groups excluding carboxylic acids is 1. The molecule has 0 bridgehead atoms. The average molecular weight is 341 g/mol. The standard InChI is InChI=1S/C13H13BrN2O2S/c1-15-10(12(17)16(2)13(15)19)7-8-6-9(14)4-5-11(8)18-3/h4-7H,1-3H3. The van der Waals surface area contributed by atoms with Gasteiger partial charge in [0.05, 0.1) is 7.11 Å². The quantitative estimate of drug-likeness (QED) is 0.611. The second-order valence-corrected chi connectivity index (χ2v) is 5.40. The lowest BCUT2D eigenvalue weighted by atomic mass is 10.1. The van der Waals surface area contributed by atoms with Crippen molar-refractivity contribution in [3.63, 3.8) is 0 Å². The van der Waals surface area contributed by atoms with Gasteiger partial charge in [0.1, 0.15) is 11.4 Å². The van der Waals surface area contributed by atoms with Crippen molar-refractivity contribution >= 4 is 45.2 Å². The van der Waals surface area contributed by atoms with E-state index in [-0.39, 0.29) is 5.91 Å². The Morgan fingerprint density at radius 1 is 1.32 bits per heavy atom. The summed E-state index contributed by atoms with van der Waals surface area (Å²) in [4.78, 5) is 15.2. The Kier molecular flexibility index (Phi) is 3.91. The van der Waals surface area contributed by atoms with Gasteiger partial charge in [0.15, 0.2) is 5.11 Å². The Morgan fingerprint density at radius 2 is 2.00 bits per heavy atom. The molecular formula is C13H13BrN2O2S. The van der Waals surface area contributed by atoms with Gasteiger partial charge in [-0.1, -0.05) is 15.9 Å². The second kappa shape index (κ2) is 5.30. The summed E-state index contributed by atoms with van der Waals surface area (Å²) in [7, 11) is 5.04. The number of methoxy groups -OCH3 is 1.